The number of carbonyl (C=O) groups excluding carboxylic acids is 1. The topological polar surface area (TPSA) is 67.2 Å². The van der Waals surface area contributed by atoms with Gasteiger partial charge in [0.1, 0.15) is 10.8 Å². The van der Waals surface area contributed by atoms with Crippen LogP contribution < -0.4 is 10.6 Å². The first-order chi connectivity index (χ1) is 17.3. The third-order valence-electron chi connectivity index (χ3n) is 5.09. The third-order valence-corrected chi connectivity index (χ3v) is 7.73. The molecule has 36 heavy (non-hydrogen) atoms. The van der Waals surface area contributed by atoms with Crippen LogP contribution in [0.3, 0.4) is 0 Å². The lowest BCUT2D eigenvalue weighted by Crippen LogP contribution is -2.34. The van der Waals surface area contributed by atoms with E-state index in [0.29, 0.717) is 42.7 Å². The molecule has 2 aromatic heterocycles. The van der Waals surface area contributed by atoms with Gasteiger partial charge < -0.3 is 9.73 Å². The van der Waals surface area contributed by atoms with Crippen molar-refractivity contribution in [2.75, 3.05) is 5.32 Å². The van der Waals surface area contributed by atoms with E-state index in [1.165, 1.54) is 17.4 Å². The predicted molar refractivity (Wildman–Crippen MR) is 153 cm³/mol. The molecule has 5 nitrogen and oxygen atoms in total. The molecule has 3 aromatic carbocycles. The molecule has 0 saturated heterocycles. The highest BCUT2D eigenvalue weighted by atomic mass is 35.5. The Morgan fingerprint density at radius 2 is 1.69 bits per heavy atom. The number of nitrogens with zero attached hydrogens (tertiary/aromatic N) is 1. The van der Waals surface area contributed by atoms with Crippen LogP contribution in [0.5, 0.6) is 0 Å². The molecule has 180 valence electrons. The maximum absolute atomic E-state index is 12.7. The number of benzene rings is 3. The summed E-state index contributed by atoms with van der Waals surface area (Å²) in [5.74, 6) is -0.00769. The number of para-hydroxylation sites is 1. The first-order valence-electron chi connectivity index (χ1n) is 10.3. The molecule has 0 aliphatic rings. The van der Waals surface area contributed by atoms with Crippen LogP contribution >= 0.6 is 70.0 Å². The molecule has 5 aromatic rings. The molecule has 2 N–H and O–H groups in total. The summed E-state index contributed by atoms with van der Waals surface area (Å²) in [5.41, 5.74) is 2.71. The molecule has 0 fully saturated rings. The second-order valence-corrected chi connectivity index (χ2v) is 10.6. The SMILES string of the molecule is O=C(NC(=S)Nc1cc(-c2nc3ccccc3s2)c(Cl)cc1Cl)c1ccc(-c2ccc(Cl)c(Cl)c2)o1. The summed E-state index contributed by atoms with van der Waals surface area (Å²) < 4.78 is 6.71. The summed E-state index contributed by atoms with van der Waals surface area (Å²) in [6, 6.07) is 19.4. The van der Waals surface area contributed by atoms with E-state index in [9.17, 15) is 4.79 Å². The molecule has 0 unspecified atom stereocenters. The number of aromatic nitrogens is 1. The number of thiocarbonyl (C=S) groups is 1. The minimum absolute atomic E-state index is 0.0342. The Bertz CT molecular complexity index is 1610. The fourth-order valence-electron chi connectivity index (χ4n) is 3.38. The van der Waals surface area contributed by atoms with E-state index in [1.807, 2.05) is 24.3 Å². The molecule has 0 spiro atoms. The fraction of sp³-hybridized carbons (Fsp3) is 0. The Morgan fingerprint density at radius 1 is 0.889 bits per heavy atom. The summed E-state index contributed by atoms with van der Waals surface area (Å²) in [7, 11) is 0. The lowest BCUT2D eigenvalue weighted by Gasteiger charge is -2.12. The van der Waals surface area contributed by atoms with Crippen molar-refractivity contribution in [3.05, 3.63) is 92.6 Å². The van der Waals surface area contributed by atoms with Crippen LogP contribution in [0, 0.1) is 0 Å². The van der Waals surface area contributed by atoms with Gasteiger partial charge in [-0.05, 0) is 66.8 Å². The number of halogens is 4. The summed E-state index contributed by atoms with van der Waals surface area (Å²) >= 11 is 31.7. The van der Waals surface area contributed by atoms with Crippen LogP contribution in [0.1, 0.15) is 10.6 Å². The minimum Gasteiger partial charge on any atom is -0.451 e. The number of fused-ring (bicyclic) bond motifs is 1. The molecule has 0 aliphatic heterocycles. The van der Waals surface area contributed by atoms with Gasteiger partial charge in [-0.15, -0.1) is 11.3 Å². The molecule has 0 atom stereocenters. The van der Waals surface area contributed by atoms with Gasteiger partial charge in [-0.1, -0.05) is 58.5 Å². The molecule has 0 radical (unpaired) electrons. The Hall–Kier alpha value is -2.65. The monoisotopic (exact) mass is 591 g/mol. The van der Waals surface area contributed by atoms with Gasteiger partial charge in [-0.3, -0.25) is 10.1 Å². The van der Waals surface area contributed by atoms with Gasteiger partial charge >= 0.3 is 0 Å². The van der Waals surface area contributed by atoms with E-state index >= 15 is 0 Å². The van der Waals surface area contributed by atoms with Gasteiger partial charge in [0.25, 0.3) is 5.91 Å². The number of thiazole rings is 1. The van der Waals surface area contributed by atoms with Gasteiger partial charge in [-0.25, -0.2) is 4.98 Å². The second kappa shape index (κ2) is 10.4. The highest BCUT2D eigenvalue weighted by Crippen LogP contribution is 2.39. The number of furan rings is 1. The van der Waals surface area contributed by atoms with Crippen LogP contribution in [-0.4, -0.2) is 16.0 Å². The van der Waals surface area contributed by atoms with Crippen LogP contribution in [0.4, 0.5) is 5.69 Å². The molecule has 1 amide bonds. The van der Waals surface area contributed by atoms with Crippen molar-refractivity contribution in [1.29, 1.82) is 0 Å². The number of hydrogen-bond acceptors (Lipinski definition) is 5. The predicted octanol–water partition coefficient (Wildman–Crippen LogP) is 8.96. The number of rotatable bonds is 4. The Balaban J connectivity index is 1.32. The molecule has 11 heteroatoms. The molecule has 5 rings (SSSR count). The van der Waals surface area contributed by atoms with Crippen LogP contribution in [0.15, 0.2) is 71.1 Å². The molecular weight excluding hydrogens is 580 g/mol. The highest BCUT2D eigenvalue weighted by molar-refractivity contribution is 7.80. The minimum atomic E-state index is -0.532. The standard InChI is InChI=1S/C25H13Cl4N3O2S2/c26-14-6-5-12(9-16(14)28)20-7-8-21(34-20)23(33)32-25(35)31-19-10-13(15(27)11-17(19)29)24-30-18-3-1-2-4-22(18)36-24/h1-11H,(H2,31,32,33,35). The lowest BCUT2D eigenvalue weighted by molar-refractivity contribution is 0.0951. The van der Waals surface area contributed by atoms with Crippen molar-refractivity contribution in [2.45, 2.75) is 0 Å². The molecule has 0 aliphatic carbocycles. The summed E-state index contributed by atoms with van der Waals surface area (Å²) in [5, 5.41) is 7.90. The summed E-state index contributed by atoms with van der Waals surface area (Å²) in [4.78, 5) is 17.3. The molecule has 0 saturated carbocycles. The van der Waals surface area contributed by atoms with Crippen LogP contribution in [0.2, 0.25) is 20.1 Å². The summed E-state index contributed by atoms with van der Waals surface area (Å²) in [6.45, 7) is 0. The van der Waals surface area contributed by atoms with Gasteiger partial charge in [-0.2, -0.15) is 0 Å². The normalized spacial score (nSPS) is 11.0. The zero-order valence-electron chi connectivity index (χ0n) is 17.9. The first-order valence-corrected chi connectivity index (χ1v) is 13.0. The maximum Gasteiger partial charge on any atom is 0.293 e. The van der Waals surface area contributed by atoms with E-state index in [4.69, 9.17) is 63.0 Å². The summed E-state index contributed by atoms with van der Waals surface area (Å²) in [6.07, 6.45) is 0. The fourth-order valence-corrected chi connectivity index (χ4v) is 5.45. The first kappa shape index (κ1) is 25.0. The van der Waals surface area contributed by atoms with Crippen molar-refractivity contribution in [2.24, 2.45) is 0 Å². The maximum atomic E-state index is 12.7. The van der Waals surface area contributed by atoms with Gasteiger partial charge in [0.2, 0.25) is 0 Å². The van der Waals surface area contributed by atoms with E-state index in [2.05, 4.69) is 15.6 Å². The number of carbonyl (C=O) groups is 1. The van der Waals surface area contributed by atoms with Crippen LogP contribution in [-0.2, 0) is 0 Å². The zero-order chi connectivity index (χ0) is 25.4. The van der Waals surface area contributed by atoms with Crippen molar-refractivity contribution in [3.8, 4) is 21.9 Å². The lowest BCUT2D eigenvalue weighted by atomic mass is 10.2. The number of hydrogen-bond donors (Lipinski definition) is 2. The number of amides is 1. The Morgan fingerprint density at radius 3 is 2.47 bits per heavy atom. The Kier molecular flexibility index (Phi) is 7.21. The third kappa shape index (κ3) is 5.22. The second-order valence-electron chi connectivity index (χ2n) is 7.50. The largest absolute Gasteiger partial charge is 0.451 e. The highest BCUT2D eigenvalue weighted by Gasteiger charge is 2.17. The van der Waals surface area contributed by atoms with Crippen LogP contribution in [0.25, 0.3) is 32.1 Å². The Labute approximate surface area is 235 Å². The van der Waals surface area contributed by atoms with Gasteiger partial charge in [0.15, 0.2) is 10.9 Å². The quantitative estimate of drug-likeness (QED) is 0.204. The molecular formula is C25H13Cl4N3O2S2. The van der Waals surface area contributed by atoms with E-state index in [0.717, 1.165) is 15.2 Å². The number of nitrogens with one attached hydrogen (secondary N) is 2. The molecule has 2 heterocycles. The van der Waals surface area contributed by atoms with Crippen molar-refractivity contribution < 1.29 is 9.21 Å². The van der Waals surface area contributed by atoms with E-state index in [1.54, 1.807) is 36.4 Å². The van der Waals surface area contributed by atoms with Crippen molar-refractivity contribution in [3.63, 3.8) is 0 Å². The zero-order valence-corrected chi connectivity index (χ0v) is 22.6. The number of anilines is 1. The average Bonchev–Trinajstić information content (AvgIpc) is 3.50. The van der Waals surface area contributed by atoms with Crippen molar-refractivity contribution >= 4 is 96.9 Å². The molecule has 0 bridgehead atoms. The van der Waals surface area contributed by atoms with Gasteiger partial charge in [0, 0.05) is 11.1 Å². The average molecular weight is 593 g/mol. The smallest absolute Gasteiger partial charge is 0.293 e. The van der Waals surface area contributed by atoms with E-state index < -0.39 is 5.91 Å². The van der Waals surface area contributed by atoms with Gasteiger partial charge in [0.05, 0.1) is 36.0 Å². The van der Waals surface area contributed by atoms with Crippen molar-refractivity contribution in [1.82, 2.24) is 10.3 Å². The van der Waals surface area contributed by atoms with E-state index in [-0.39, 0.29) is 10.9 Å².